The van der Waals surface area contributed by atoms with E-state index < -0.39 is 23.5 Å². The van der Waals surface area contributed by atoms with Gasteiger partial charge in [-0.05, 0) is 81.9 Å². The summed E-state index contributed by atoms with van der Waals surface area (Å²) in [5.74, 6) is -1.36. The number of ketones is 1. The molecule has 3 rings (SSSR count). The van der Waals surface area contributed by atoms with Gasteiger partial charge < -0.3 is 19.6 Å². The van der Waals surface area contributed by atoms with E-state index in [4.69, 9.17) is 4.74 Å². The average Bonchev–Trinajstić information content (AvgIpc) is 3.03. The first kappa shape index (κ1) is 24.5. The SMILES string of the molecule is CCCOc1ccc(C(O)=C2C(=O)C(=O)N(CCCN(C)C)C2c2ccc(F)cc2)cc1C. The van der Waals surface area contributed by atoms with Crippen molar-refractivity contribution in [2.24, 2.45) is 0 Å². The van der Waals surface area contributed by atoms with Crippen molar-refractivity contribution in [2.45, 2.75) is 32.7 Å². The van der Waals surface area contributed by atoms with Crippen LogP contribution in [0.4, 0.5) is 4.39 Å². The molecule has 176 valence electrons. The lowest BCUT2D eigenvalue weighted by molar-refractivity contribution is -0.139. The third-order valence-corrected chi connectivity index (χ3v) is 5.64. The fourth-order valence-corrected chi connectivity index (χ4v) is 3.99. The van der Waals surface area contributed by atoms with Crippen molar-refractivity contribution in [3.8, 4) is 5.75 Å². The van der Waals surface area contributed by atoms with Crippen LogP contribution in [-0.2, 0) is 9.59 Å². The van der Waals surface area contributed by atoms with E-state index in [-0.39, 0.29) is 11.3 Å². The van der Waals surface area contributed by atoms with Gasteiger partial charge in [0.2, 0.25) is 0 Å². The standard InChI is InChI=1S/C26H31FN2O4/c1-5-15-33-21-12-9-19(16-17(21)2)24(30)22-23(18-7-10-20(27)11-8-18)29(26(32)25(22)31)14-6-13-28(3)4/h7-12,16,23,30H,5-6,13-15H2,1-4H3. The highest BCUT2D eigenvalue weighted by molar-refractivity contribution is 6.46. The van der Waals surface area contributed by atoms with Crippen LogP contribution in [0.2, 0.25) is 0 Å². The Morgan fingerprint density at radius 2 is 1.85 bits per heavy atom. The molecule has 1 fully saturated rings. The van der Waals surface area contributed by atoms with Crippen LogP contribution in [0.25, 0.3) is 5.76 Å². The summed E-state index contributed by atoms with van der Waals surface area (Å²) in [5.41, 5.74) is 1.82. The van der Waals surface area contributed by atoms with Crippen LogP contribution in [-0.4, -0.2) is 60.4 Å². The van der Waals surface area contributed by atoms with Crippen molar-refractivity contribution in [3.63, 3.8) is 0 Å². The Balaban J connectivity index is 2.05. The Bertz CT molecular complexity index is 1050. The fourth-order valence-electron chi connectivity index (χ4n) is 3.99. The van der Waals surface area contributed by atoms with Crippen molar-refractivity contribution in [1.82, 2.24) is 9.80 Å². The van der Waals surface area contributed by atoms with Gasteiger partial charge in [-0.25, -0.2) is 4.39 Å². The van der Waals surface area contributed by atoms with Crippen LogP contribution in [0.1, 0.15) is 42.5 Å². The number of rotatable bonds is 9. The smallest absolute Gasteiger partial charge is 0.295 e. The molecule has 1 N–H and O–H groups in total. The van der Waals surface area contributed by atoms with Crippen LogP contribution >= 0.6 is 0 Å². The van der Waals surface area contributed by atoms with Crippen LogP contribution in [0.15, 0.2) is 48.0 Å². The van der Waals surface area contributed by atoms with E-state index in [0.29, 0.717) is 36.4 Å². The summed E-state index contributed by atoms with van der Waals surface area (Å²) in [6.45, 7) is 5.53. The molecule has 0 spiro atoms. The number of hydrogen-bond donors (Lipinski definition) is 1. The molecule has 1 aliphatic heterocycles. The summed E-state index contributed by atoms with van der Waals surface area (Å²) in [6, 6.07) is 10.1. The molecule has 0 aliphatic carbocycles. The summed E-state index contributed by atoms with van der Waals surface area (Å²) in [4.78, 5) is 29.5. The maximum Gasteiger partial charge on any atom is 0.295 e. The number of benzene rings is 2. The zero-order valence-corrected chi connectivity index (χ0v) is 19.6. The molecule has 0 radical (unpaired) electrons. The first-order valence-electron chi connectivity index (χ1n) is 11.2. The highest BCUT2D eigenvalue weighted by Crippen LogP contribution is 2.40. The Labute approximate surface area is 194 Å². The molecular formula is C26H31FN2O4. The average molecular weight is 455 g/mol. The van der Waals surface area contributed by atoms with E-state index >= 15 is 0 Å². The number of aryl methyl sites for hydroxylation is 1. The normalized spacial score (nSPS) is 17.8. The molecule has 33 heavy (non-hydrogen) atoms. The van der Waals surface area contributed by atoms with E-state index in [1.54, 1.807) is 30.3 Å². The first-order valence-corrected chi connectivity index (χ1v) is 11.2. The van der Waals surface area contributed by atoms with Gasteiger partial charge in [-0.15, -0.1) is 0 Å². The van der Waals surface area contributed by atoms with Crippen molar-refractivity contribution in [3.05, 3.63) is 70.5 Å². The summed E-state index contributed by atoms with van der Waals surface area (Å²) in [6.07, 6.45) is 1.52. The molecule has 1 atom stereocenters. The predicted molar refractivity (Wildman–Crippen MR) is 126 cm³/mol. The lowest BCUT2D eigenvalue weighted by atomic mass is 9.94. The largest absolute Gasteiger partial charge is 0.507 e. The minimum Gasteiger partial charge on any atom is -0.507 e. The Kier molecular flexibility index (Phi) is 7.87. The quantitative estimate of drug-likeness (QED) is 0.348. The lowest BCUT2D eigenvalue weighted by Gasteiger charge is -2.26. The van der Waals surface area contributed by atoms with Crippen LogP contribution in [0.3, 0.4) is 0 Å². The molecule has 1 saturated heterocycles. The third-order valence-electron chi connectivity index (χ3n) is 5.64. The highest BCUT2D eigenvalue weighted by Gasteiger charge is 2.45. The van der Waals surface area contributed by atoms with Gasteiger partial charge in [0.25, 0.3) is 11.7 Å². The van der Waals surface area contributed by atoms with E-state index in [9.17, 15) is 19.1 Å². The Morgan fingerprint density at radius 3 is 2.45 bits per heavy atom. The number of Topliss-reactive ketones (excluding diaryl/α,β-unsaturated/α-hetero) is 1. The minimum absolute atomic E-state index is 0.0121. The highest BCUT2D eigenvalue weighted by atomic mass is 19.1. The number of halogens is 1. The molecule has 1 heterocycles. The summed E-state index contributed by atoms with van der Waals surface area (Å²) in [7, 11) is 3.86. The second-order valence-corrected chi connectivity index (χ2v) is 8.53. The van der Waals surface area contributed by atoms with Gasteiger partial charge >= 0.3 is 0 Å². The van der Waals surface area contributed by atoms with Crippen molar-refractivity contribution < 1.29 is 23.8 Å². The number of nitrogens with zero attached hydrogens (tertiary/aromatic N) is 2. The van der Waals surface area contributed by atoms with Crippen molar-refractivity contribution in [2.75, 3.05) is 33.8 Å². The van der Waals surface area contributed by atoms with Crippen LogP contribution in [0, 0.1) is 12.7 Å². The summed E-state index contributed by atoms with van der Waals surface area (Å²) in [5, 5.41) is 11.2. The van der Waals surface area contributed by atoms with Gasteiger partial charge in [-0.3, -0.25) is 9.59 Å². The number of aliphatic hydroxyl groups is 1. The van der Waals surface area contributed by atoms with E-state index in [1.165, 1.54) is 17.0 Å². The second kappa shape index (κ2) is 10.6. The maximum absolute atomic E-state index is 13.6. The van der Waals surface area contributed by atoms with Gasteiger partial charge in [-0.2, -0.15) is 0 Å². The zero-order valence-electron chi connectivity index (χ0n) is 19.6. The maximum atomic E-state index is 13.6. The van der Waals surface area contributed by atoms with E-state index in [2.05, 4.69) is 0 Å². The number of ether oxygens (including phenoxy) is 1. The fraction of sp³-hybridized carbons (Fsp3) is 0.385. The number of aliphatic hydroxyl groups excluding tert-OH is 1. The lowest BCUT2D eigenvalue weighted by Crippen LogP contribution is -2.32. The molecule has 6 nitrogen and oxygen atoms in total. The summed E-state index contributed by atoms with van der Waals surface area (Å²) < 4.78 is 19.3. The number of amides is 1. The van der Waals surface area contributed by atoms with Crippen molar-refractivity contribution in [1.29, 1.82) is 0 Å². The summed E-state index contributed by atoms with van der Waals surface area (Å²) >= 11 is 0. The molecule has 1 amide bonds. The van der Waals surface area contributed by atoms with Gasteiger partial charge in [0.05, 0.1) is 18.2 Å². The molecule has 1 aliphatic rings. The molecule has 2 aromatic rings. The Morgan fingerprint density at radius 1 is 1.15 bits per heavy atom. The number of hydrogen-bond acceptors (Lipinski definition) is 5. The zero-order chi connectivity index (χ0) is 24.1. The van der Waals surface area contributed by atoms with Gasteiger partial charge in [0.1, 0.15) is 17.3 Å². The monoisotopic (exact) mass is 454 g/mol. The van der Waals surface area contributed by atoms with Crippen LogP contribution in [0.5, 0.6) is 5.75 Å². The molecule has 1 unspecified atom stereocenters. The van der Waals surface area contributed by atoms with Gasteiger partial charge in [0.15, 0.2) is 0 Å². The number of carbonyl (C=O) groups excluding carboxylic acids is 2. The minimum atomic E-state index is -0.788. The molecule has 0 saturated carbocycles. The van der Waals surface area contributed by atoms with Crippen LogP contribution < -0.4 is 4.74 Å². The third kappa shape index (κ3) is 5.42. The van der Waals surface area contributed by atoms with Crippen molar-refractivity contribution >= 4 is 17.4 Å². The molecular weight excluding hydrogens is 423 g/mol. The van der Waals surface area contributed by atoms with E-state index in [0.717, 1.165) is 18.5 Å². The second-order valence-electron chi connectivity index (χ2n) is 8.53. The molecule has 0 aromatic heterocycles. The topological polar surface area (TPSA) is 70.1 Å². The van der Waals surface area contributed by atoms with Gasteiger partial charge in [0, 0.05) is 12.1 Å². The first-order chi connectivity index (χ1) is 15.7. The number of carbonyl (C=O) groups is 2. The van der Waals surface area contributed by atoms with Gasteiger partial charge in [-0.1, -0.05) is 19.1 Å². The van der Waals surface area contributed by atoms with E-state index in [1.807, 2.05) is 32.8 Å². The predicted octanol–water partition coefficient (Wildman–Crippen LogP) is 4.30. The number of likely N-dealkylation sites (tertiary alicyclic amines) is 1. The Hall–Kier alpha value is -3.19. The molecule has 0 bridgehead atoms. The molecule has 7 heteroatoms. The molecule has 2 aromatic carbocycles.